The van der Waals surface area contributed by atoms with Gasteiger partial charge in [0.2, 0.25) is 0 Å². The number of hydrogen-bond acceptors (Lipinski definition) is 5. The van der Waals surface area contributed by atoms with E-state index < -0.39 is 5.60 Å². The molecule has 178 valence electrons. The van der Waals surface area contributed by atoms with Crippen LogP contribution >= 0.6 is 15.9 Å². The number of aliphatic hydroxyl groups is 1. The van der Waals surface area contributed by atoms with Crippen LogP contribution in [-0.4, -0.2) is 33.9 Å². The van der Waals surface area contributed by atoms with E-state index in [1.165, 1.54) is 0 Å². The van der Waals surface area contributed by atoms with Gasteiger partial charge in [0.05, 0.1) is 53.1 Å². The van der Waals surface area contributed by atoms with Crippen LogP contribution in [0.5, 0.6) is 0 Å². The number of imidazole rings is 1. The average molecular weight is 547 g/mol. The zero-order valence-corrected chi connectivity index (χ0v) is 21.2. The number of ether oxygens (including phenoxy) is 1. The molecule has 37 heavy (non-hydrogen) atoms. The number of aromatic nitrogens is 2. The van der Waals surface area contributed by atoms with Crippen LogP contribution in [0.4, 0.5) is 0 Å². The number of hydrogen-bond donors (Lipinski definition) is 2. The topological polar surface area (TPSA) is 106 Å². The number of fused-ring (bicyclic) bond motifs is 6. The predicted octanol–water partition coefficient (Wildman–Crippen LogP) is 5.94. The fourth-order valence-corrected chi connectivity index (χ4v) is 5.27. The van der Waals surface area contributed by atoms with Crippen LogP contribution in [-0.2, 0) is 4.74 Å². The summed E-state index contributed by atoms with van der Waals surface area (Å²) in [5.74, 6) is 6.71. The highest BCUT2D eigenvalue weighted by molar-refractivity contribution is 9.10. The minimum atomic E-state index is -1.03. The van der Waals surface area contributed by atoms with E-state index >= 15 is 0 Å². The first-order valence-corrected chi connectivity index (χ1v) is 12.6. The number of benzene rings is 4. The molecule has 2 N–H and O–H groups in total. The zero-order valence-electron chi connectivity index (χ0n) is 19.6. The Morgan fingerprint density at radius 3 is 2.35 bits per heavy atom. The lowest BCUT2D eigenvalue weighted by Crippen LogP contribution is -2.34. The number of nitrogens with one attached hydrogen (secondary N) is 1. The smallest absolute Gasteiger partial charge is 0.141 e. The second-order valence-corrected chi connectivity index (χ2v) is 10.0. The van der Waals surface area contributed by atoms with Crippen molar-refractivity contribution in [3.8, 4) is 35.4 Å². The first kappa shape index (κ1) is 23.2. The molecule has 1 saturated heterocycles. The summed E-state index contributed by atoms with van der Waals surface area (Å²) in [6.07, 6.45) is 0.992. The Balaban J connectivity index is 1.61. The molecule has 0 radical (unpaired) electrons. The molecule has 0 spiro atoms. The third-order valence-corrected chi connectivity index (χ3v) is 7.31. The van der Waals surface area contributed by atoms with Crippen molar-refractivity contribution in [1.29, 1.82) is 10.5 Å². The summed E-state index contributed by atoms with van der Waals surface area (Å²) < 4.78 is 6.30. The minimum Gasteiger partial charge on any atom is -0.381 e. The van der Waals surface area contributed by atoms with Crippen molar-refractivity contribution in [2.45, 2.75) is 18.4 Å². The molecule has 6 nitrogen and oxygen atoms in total. The molecular formula is C30H19BrN4O2. The van der Waals surface area contributed by atoms with Crippen LogP contribution in [0.15, 0.2) is 59.1 Å². The minimum absolute atomic E-state index is 0.387. The zero-order chi connectivity index (χ0) is 25.6. The molecule has 7 heteroatoms. The van der Waals surface area contributed by atoms with Gasteiger partial charge in [-0.1, -0.05) is 46.0 Å². The standard InChI is InChI=1S/C30H19BrN4O2/c31-21-5-7-23-25(15-21)24-14-18(8-9-30(36)10-12-37-13-11-30)4-6-22(24)27-28(23)35-29(34-27)26-19(16-32)2-1-3-20(26)17-33/h1-7,14-15,36H,10-13H2,(H,34,35). The maximum atomic E-state index is 10.8. The first-order valence-electron chi connectivity index (χ1n) is 11.8. The fourth-order valence-electron chi connectivity index (χ4n) is 4.91. The second-order valence-electron chi connectivity index (χ2n) is 9.10. The van der Waals surface area contributed by atoms with Crippen LogP contribution in [0.25, 0.3) is 44.0 Å². The van der Waals surface area contributed by atoms with Gasteiger partial charge in [-0.15, -0.1) is 0 Å². The van der Waals surface area contributed by atoms with Gasteiger partial charge in [-0.3, -0.25) is 0 Å². The molecule has 0 unspecified atom stereocenters. The Kier molecular flexibility index (Phi) is 5.67. The third kappa shape index (κ3) is 4.02. The Morgan fingerprint density at radius 1 is 0.919 bits per heavy atom. The van der Waals surface area contributed by atoms with E-state index in [-0.39, 0.29) is 0 Å². The summed E-state index contributed by atoms with van der Waals surface area (Å²) in [7, 11) is 0. The Labute approximate surface area is 221 Å². The summed E-state index contributed by atoms with van der Waals surface area (Å²) in [6, 6.07) is 21.4. The van der Waals surface area contributed by atoms with Crippen LogP contribution in [0.3, 0.4) is 0 Å². The van der Waals surface area contributed by atoms with Gasteiger partial charge in [-0.05, 0) is 47.2 Å². The molecule has 0 amide bonds. The van der Waals surface area contributed by atoms with Crippen molar-refractivity contribution < 1.29 is 9.84 Å². The number of H-pyrrole nitrogens is 1. The Hall–Kier alpha value is -4.19. The van der Waals surface area contributed by atoms with Gasteiger partial charge in [0.1, 0.15) is 11.4 Å². The van der Waals surface area contributed by atoms with Crippen molar-refractivity contribution in [1.82, 2.24) is 9.97 Å². The molecule has 0 atom stereocenters. The average Bonchev–Trinajstić information content (AvgIpc) is 3.37. The molecule has 6 rings (SSSR count). The first-order chi connectivity index (χ1) is 18.0. The highest BCUT2D eigenvalue weighted by Gasteiger charge is 2.27. The molecule has 0 saturated carbocycles. The Bertz CT molecular complexity index is 1840. The number of halogens is 1. The summed E-state index contributed by atoms with van der Waals surface area (Å²) in [6.45, 7) is 1.01. The van der Waals surface area contributed by atoms with Gasteiger partial charge in [0, 0.05) is 33.7 Å². The van der Waals surface area contributed by atoms with Crippen LogP contribution in [0, 0.1) is 34.5 Å². The van der Waals surface area contributed by atoms with Crippen LogP contribution in [0.1, 0.15) is 29.5 Å². The lowest BCUT2D eigenvalue weighted by molar-refractivity contribution is -0.0261. The maximum absolute atomic E-state index is 10.8. The number of rotatable bonds is 1. The second kappa shape index (κ2) is 9.04. The van der Waals surface area contributed by atoms with Crippen molar-refractivity contribution in [2.75, 3.05) is 13.2 Å². The third-order valence-electron chi connectivity index (χ3n) is 6.82. The normalized spacial score (nSPS) is 14.7. The summed E-state index contributed by atoms with van der Waals surface area (Å²) in [4.78, 5) is 8.30. The van der Waals surface area contributed by atoms with Gasteiger partial charge < -0.3 is 14.8 Å². The molecule has 1 fully saturated rings. The lowest BCUT2D eigenvalue weighted by atomic mass is 9.94. The maximum Gasteiger partial charge on any atom is 0.141 e. The number of nitriles is 2. The molecule has 2 heterocycles. The number of aromatic amines is 1. The lowest BCUT2D eigenvalue weighted by Gasteiger charge is -2.26. The molecule has 4 aromatic carbocycles. The molecule has 0 bridgehead atoms. The van der Waals surface area contributed by atoms with Gasteiger partial charge in [0.25, 0.3) is 0 Å². The van der Waals surface area contributed by atoms with Gasteiger partial charge in [-0.25, -0.2) is 4.98 Å². The van der Waals surface area contributed by atoms with E-state index in [2.05, 4.69) is 51.0 Å². The highest BCUT2D eigenvalue weighted by Crippen LogP contribution is 2.38. The van der Waals surface area contributed by atoms with Crippen molar-refractivity contribution >= 4 is 48.5 Å². The van der Waals surface area contributed by atoms with Gasteiger partial charge >= 0.3 is 0 Å². The Morgan fingerprint density at radius 2 is 1.62 bits per heavy atom. The molecule has 1 aliphatic rings. The van der Waals surface area contributed by atoms with Crippen molar-refractivity contribution in [3.05, 3.63) is 75.8 Å². The van der Waals surface area contributed by atoms with Crippen LogP contribution in [0.2, 0.25) is 0 Å². The molecule has 1 aromatic heterocycles. The van der Waals surface area contributed by atoms with E-state index in [9.17, 15) is 15.6 Å². The molecule has 0 aliphatic carbocycles. The van der Waals surface area contributed by atoms with E-state index in [0.29, 0.717) is 48.6 Å². The summed E-state index contributed by atoms with van der Waals surface area (Å²) >= 11 is 3.60. The monoisotopic (exact) mass is 546 g/mol. The van der Waals surface area contributed by atoms with E-state index in [4.69, 9.17) is 9.72 Å². The van der Waals surface area contributed by atoms with E-state index in [0.717, 1.165) is 42.6 Å². The molecular weight excluding hydrogens is 528 g/mol. The predicted molar refractivity (Wildman–Crippen MR) is 146 cm³/mol. The van der Waals surface area contributed by atoms with Crippen molar-refractivity contribution in [2.24, 2.45) is 0 Å². The van der Waals surface area contributed by atoms with Gasteiger partial charge in [0.15, 0.2) is 0 Å². The van der Waals surface area contributed by atoms with Crippen molar-refractivity contribution in [3.63, 3.8) is 0 Å². The van der Waals surface area contributed by atoms with E-state index in [1.807, 2.05) is 30.3 Å². The van der Waals surface area contributed by atoms with Gasteiger partial charge in [-0.2, -0.15) is 10.5 Å². The summed E-state index contributed by atoms with van der Waals surface area (Å²) in [5, 5.41) is 34.0. The number of nitrogens with zero attached hydrogens (tertiary/aromatic N) is 3. The highest BCUT2D eigenvalue weighted by atomic mass is 79.9. The molecule has 5 aromatic rings. The molecule has 1 aliphatic heterocycles. The van der Waals surface area contributed by atoms with E-state index in [1.54, 1.807) is 18.2 Å². The quantitative estimate of drug-likeness (QED) is 0.200. The summed E-state index contributed by atoms with van der Waals surface area (Å²) in [5.41, 5.74) is 2.61. The largest absolute Gasteiger partial charge is 0.381 e. The fraction of sp³-hybridized carbons (Fsp3) is 0.167. The SMILES string of the molecule is N#Cc1cccc(C#N)c1-c1nc2c3ccc(Br)cc3c3cc(C#CC4(O)CCOCC4)ccc3c2[nH]1. The van der Waals surface area contributed by atoms with Crippen LogP contribution < -0.4 is 0 Å².